The van der Waals surface area contributed by atoms with E-state index < -0.39 is 0 Å². The van der Waals surface area contributed by atoms with E-state index in [4.69, 9.17) is 0 Å². The highest BCUT2D eigenvalue weighted by molar-refractivity contribution is 9.10. The topological polar surface area (TPSA) is 78.5 Å². The summed E-state index contributed by atoms with van der Waals surface area (Å²) in [6.45, 7) is 0.585. The summed E-state index contributed by atoms with van der Waals surface area (Å²) in [5, 5.41) is 5.30. The molecule has 1 aliphatic rings. The second kappa shape index (κ2) is 8.14. The Morgan fingerprint density at radius 1 is 1.04 bits per heavy atom. The monoisotopic (exact) mass is 415 g/mol. The molecule has 0 radical (unpaired) electrons. The number of carbonyl (C=O) groups is 3. The van der Waals surface area contributed by atoms with Crippen molar-refractivity contribution in [2.75, 3.05) is 23.3 Å². The average molecular weight is 416 g/mol. The summed E-state index contributed by atoms with van der Waals surface area (Å²) in [4.78, 5) is 37.5. The summed E-state index contributed by atoms with van der Waals surface area (Å²) in [6.07, 6.45) is 1.42. The first kappa shape index (κ1) is 18.1. The summed E-state index contributed by atoms with van der Waals surface area (Å²) in [5.74, 6) is -0.540. The van der Waals surface area contributed by atoms with Crippen LogP contribution in [-0.4, -0.2) is 30.8 Å². The second-order valence-electron chi connectivity index (χ2n) is 5.93. The Labute approximate surface area is 159 Å². The lowest BCUT2D eigenvalue weighted by atomic mass is 10.2. The van der Waals surface area contributed by atoms with E-state index in [1.54, 1.807) is 41.3 Å². The van der Waals surface area contributed by atoms with E-state index in [-0.39, 0.29) is 24.3 Å². The van der Waals surface area contributed by atoms with Crippen LogP contribution in [0.2, 0.25) is 0 Å². The summed E-state index contributed by atoms with van der Waals surface area (Å²) < 4.78 is 0.919. The average Bonchev–Trinajstić information content (AvgIpc) is 3.08. The molecule has 0 aromatic heterocycles. The lowest BCUT2D eigenvalue weighted by Crippen LogP contribution is -2.32. The highest BCUT2D eigenvalue weighted by atomic mass is 79.9. The standard InChI is InChI=1S/C19H18BrN3O3/c20-14-5-7-15(8-6-14)22-17(24)12-21-19(26)13-3-9-16(10-4-13)23-11-1-2-18(23)25/h3-10H,1-2,11-12H2,(H,21,26)(H,22,24). The normalized spacial score (nSPS) is 13.6. The molecule has 3 rings (SSSR count). The van der Waals surface area contributed by atoms with Crippen molar-refractivity contribution < 1.29 is 14.4 Å². The Hall–Kier alpha value is -2.67. The van der Waals surface area contributed by atoms with Crippen LogP contribution in [0.5, 0.6) is 0 Å². The molecule has 0 atom stereocenters. The van der Waals surface area contributed by atoms with Crippen molar-refractivity contribution >= 4 is 45.0 Å². The molecule has 0 aliphatic carbocycles. The predicted octanol–water partition coefficient (Wildman–Crippen LogP) is 2.94. The van der Waals surface area contributed by atoms with Crippen LogP contribution < -0.4 is 15.5 Å². The number of rotatable bonds is 5. The molecule has 0 bridgehead atoms. The largest absolute Gasteiger partial charge is 0.343 e. The van der Waals surface area contributed by atoms with Crippen LogP contribution >= 0.6 is 15.9 Å². The highest BCUT2D eigenvalue weighted by Crippen LogP contribution is 2.21. The van der Waals surface area contributed by atoms with Gasteiger partial charge in [0, 0.05) is 34.4 Å². The van der Waals surface area contributed by atoms with E-state index in [0.717, 1.165) is 16.6 Å². The molecule has 0 spiro atoms. The van der Waals surface area contributed by atoms with Crippen LogP contribution in [0.25, 0.3) is 0 Å². The molecule has 7 heteroatoms. The van der Waals surface area contributed by atoms with Crippen molar-refractivity contribution in [3.8, 4) is 0 Å². The zero-order valence-corrected chi connectivity index (χ0v) is 15.6. The number of nitrogens with one attached hydrogen (secondary N) is 2. The Morgan fingerprint density at radius 2 is 1.73 bits per heavy atom. The quantitative estimate of drug-likeness (QED) is 0.787. The molecule has 1 saturated heterocycles. The smallest absolute Gasteiger partial charge is 0.251 e. The maximum absolute atomic E-state index is 12.2. The van der Waals surface area contributed by atoms with Crippen LogP contribution in [0.1, 0.15) is 23.2 Å². The molecule has 26 heavy (non-hydrogen) atoms. The summed E-state index contributed by atoms with van der Waals surface area (Å²) >= 11 is 3.33. The molecular weight excluding hydrogens is 398 g/mol. The van der Waals surface area contributed by atoms with E-state index in [2.05, 4.69) is 26.6 Å². The first-order valence-electron chi connectivity index (χ1n) is 8.27. The Bertz CT molecular complexity index is 819. The third-order valence-electron chi connectivity index (χ3n) is 4.05. The van der Waals surface area contributed by atoms with E-state index in [0.29, 0.717) is 24.2 Å². The third-order valence-corrected chi connectivity index (χ3v) is 4.58. The van der Waals surface area contributed by atoms with Gasteiger partial charge in [0.2, 0.25) is 11.8 Å². The number of hydrogen-bond acceptors (Lipinski definition) is 3. The van der Waals surface area contributed by atoms with Crippen LogP contribution in [0.15, 0.2) is 53.0 Å². The van der Waals surface area contributed by atoms with Gasteiger partial charge in [-0.3, -0.25) is 14.4 Å². The van der Waals surface area contributed by atoms with E-state index in [1.165, 1.54) is 0 Å². The van der Waals surface area contributed by atoms with Gasteiger partial charge in [0.25, 0.3) is 5.91 Å². The fourth-order valence-electron chi connectivity index (χ4n) is 2.71. The summed E-state index contributed by atoms with van der Waals surface area (Å²) in [7, 11) is 0. The minimum absolute atomic E-state index is 0.104. The van der Waals surface area contributed by atoms with Gasteiger partial charge in [0.05, 0.1) is 6.54 Å². The van der Waals surface area contributed by atoms with Gasteiger partial charge < -0.3 is 15.5 Å². The van der Waals surface area contributed by atoms with Gasteiger partial charge in [-0.25, -0.2) is 0 Å². The van der Waals surface area contributed by atoms with Gasteiger partial charge in [-0.15, -0.1) is 0 Å². The third kappa shape index (κ3) is 4.49. The first-order chi connectivity index (χ1) is 12.5. The maximum atomic E-state index is 12.2. The van der Waals surface area contributed by atoms with Crippen molar-refractivity contribution in [2.45, 2.75) is 12.8 Å². The molecule has 1 aliphatic heterocycles. The molecule has 2 aromatic rings. The van der Waals surface area contributed by atoms with E-state index >= 15 is 0 Å². The first-order valence-corrected chi connectivity index (χ1v) is 9.06. The molecule has 3 amide bonds. The van der Waals surface area contributed by atoms with Gasteiger partial charge in [-0.1, -0.05) is 15.9 Å². The van der Waals surface area contributed by atoms with Crippen molar-refractivity contribution in [3.05, 3.63) is 58.6 Å². The fraction of sp³-hybridized carbons (Fsp3) is 0.211. The van der Waals surface area contributed by atoms with Gasteiger partial charge in [-0.05, 0) is 55.0 Å². The highest BCUT2D eigenvalue weighted by Gasteiger charge is 2.21. The number of carbonyl (C=O) groups excluding carboxylic acids is 3. The van der Waals surface area contributed by atoms with E-state index in [9.17, 15) is 14.4 Å². The minimum atomic E-state index is -0.338. The number of nitrogens with zero attached hydrogens (tertiary/aromatic N) is 1. The number of amides is 3. The number of anilines is 2. The number of halogens is 1. The van der Waals surface area contributed by atoms with Crippen molar-refractivity contribution in [1.82, 2.24) is 5.32 Å². The number of benzene rings is 2. The molecule has 2 aromatic carbocycles. The zero-order valence-electron chi connectivity index (χ0n) is 14.0. The maximum Gasteiger partial charge on any atom is 0.251 e. The van der Waals surface area contributed by atoms with Gasteiger partial charge in [0.15, 0.2) is 0 Å². The lowest BCUT2D eigenvalue weighted by Gasteiger charge is -2.15. The Morgan fingerprint density at radius 3 is 2.35 bits per heavy atom. The van der Waals surface area contributed by atoms with Gasteiger partial charge in [-0.2, -0.15) is 0 Å². The molecule has 134 valence electrons. The van der Waals surface area contributed by atoms with Crippen LogP contribution in [0.4, 0.5) is 11.4 Å². The minimum Gasteiger partial charge on any atom is -0.343 e. The van der Waals surface area contributed by atoms with Crippen LogP contribution in [-0.2, 0) is 9.59 Å². The molecule has 0 unspecified atom stereocenters. The fourth-order valence-corrected chi connectivity index (χ4v) is 2.98. The SMILES string of the molecule is O=C(CNC(=O)c1ccc(N2CCCC2=O)cc1)Nc1ccc(Br)cc1. The van der Waals surface area contributed by atoms with Crippen molar-refractivity contribution in [1.29, 1.82) is 0 Å². The van der Waals surface area contributed by atoms with Crippen molar-refractivity contribution in [2.24, 2.45) is 0 Å². The van der Waals surface area contributed by atoms with Crippen LogP contribution in [0, 0.1) is 0 Å². The lowest BCUT2D eigenvalue weighted by molar-refractivity contribution is -0.117. The molecule has 1 heterocycles. The predicted molar refractivity (Wildman–Crippen MR) is 103 cm³/mol. The summed E-state index contributed by atoms with van der Waals surface area (Å²) in [5.41, 5.74) is 1.89. The van der Waals surface area contributed by atoms with Crippen LogP contribution in [0.3, 0.4) is 0 Å². The second-order valence-corrected chi connectivity index (χ2v) is 6.85. The van der Waals surface area contributed by atoms with E-state index in [1.807, 2.05) is 12.1 Å². The van der Waals surface area contributed by atoms with Crippen molar-refractivity contribution in [3.63, 3.8) is 0 Å². The Kier molecular flexibility index (Phi) is 5.68. The van der Waals surface area contributed by atoms with Gasteiger partial charge >= 0.3 is 0 Å². The molecule has 2 N–H and O–H groups in total. The molecule has 1 fully saturated rings. The summed E-state index contributed by atoms with van der Waals surface area (Å²) in [6, 6.07) is 14.0. The Balaban J connectivity index is 1.52. The van der Waals surface area contributed by atoms with Gasteiger partial charge in [0.1, 0.15) is 0 Å². The molecule has 0 saturated carbocycles. The molecular formula is C19H18BrN3O3. The zero-order chi connectivity index (χ0) is 18.5. The molecule has 6 nitrogen and oxygen atoms in total. The number of hydrogen-bond donors (Lipinski definition) is 2.